The smallest absolute Gasteiger partial charge is 0.169 e. The predicted octanol–water partition coefficient (Wildman–Crippen LogP) is 2.39. The van der Waals surface area contributed by atoms with E-state index >= 15 is 0 Å². The second-order valence-corrected chi connectivity index (χ2v) is 8.40. The van der Waals surface area contributed by atoms with Gasteiger partial charge in [-0.1, -0.05) is 12.1 Å². The van der Waals surface area contributed by atoms with Gasteiger partial charge in [0.25, 0.3) is 0 Å². The van der Waals surface area contributed by atoms with E-state index in [2.05, 4.69) is 15.1 Å². The van der Waals surface area contributed by atoms with Crippen molar-refractivity contribution in [1.29, 1.82) is 0 Å². The molecule has 36 heavy (non-hydrogen) atoms. The standard InChI is InChI=1S/C25H30F2N6O3/c26-19-14-24(36-12-11-35-10-5-28)20(27)13-17(19)16-32-6-8-33(9-7-32)22-15-21(30-31-25(22)29)18-3-1-2-4-23(18)34/h1-4,13-15,34H,5-12,16,28H2,(H2,29,31). The highest BCUT2D eigenvalue weighted by Crippen LogP contribution is 2.32. The number of phenols is 1. The summed E-state index contributed by atoms with van der Waals surface area (Å²) in [6.45, 7) is 3.85. The van der Waals surface area contributed by atoms with Gasteiger partial charge in [-0.2, -0.15) is 0 Å². The third-order valence-electron chi connectivity index (χ3n) is 5.94. The van der Waals surface area contributed by atoms with Gasteiger partial charge in [0.15, 0.2) is 17.4 Å². The fraction of sp³-hybridized carbons (Fsp3) is 0.360. The van der Waals surface area contributed by atoms with Crippen molar-refractivity contribution >= 4 is 11.5 Å². The van der Waals surface area contributed by atoms with Crippen LogP contribution in [0.2, 0.25) is 0 Å². The van der Waals surface area contributed by atoms with Crippen molar-refractivity contribution < 1.29 is 23.4 Å². The second-order valence-electron chi connectivity index (χ2n) is 8.40. The average Bonchev–Trinajstić information content (AvgIpc) is 2.88. The van der Waals surface area contributed by atoms with Crippen molar-refractivity contribution in [3.05, 3.63) is 59.7 Å². The van der Waals surface area contributed by atoms with Crippen LogP contribution in [0, 0.1) is 11.6 Å². The maximum atomic E-state index is 14.7. The lowest BCUT2D eigenvalue weighted by atomic mass is 10.1. The van der Waals surface area contributed by atoms with Gasteiger partial charge in [-0.05, 0) is 24.3 Å². The number of piperazine rings is 1. The molecular weight excluding hydrogens is 470 g/mol. The summed E-state index contributed by atoms with van der Waals surface area (Å²) in [5.41, 5.74) is 13.5. The number of halogens is 2. The molecule has 0 amide bonds. The number of nitrogens with zero attached hydrogens (tertiary/aromatic N) is 4. The SMILES string of the molecule is NCCOCCOc1cc(F)c(CN2CCN(c3cc(-c4ccccc4O)nnc3N)CC2)cc1F. The number of phenolic OH excluding ortho intramolecular Hbond substituents is 1. The lowest BCUT2D eigenvalue weighted by molar-refractivity contribution is 0.104. The van der Waals surface area contributed by atoms with Gasteiger partial charge in [0.05, 0.1) is 24.6 Å². The molecule has 192 valence electrons. The Labute approximate surface area is 208 Å². The lowest BCUT2D eigenvalue weighted by Crippen LogP contribution is -2.46. The van der Waals surface area contributed by atoms with Crippen LogP contribution in [0.15, 0.2) is 42.5 Å². The van der Waals surface area contributed by atoms with Crippen molar-refractivity contribution in [1.82, 2.24) is 15.1 Å². The van der Waals surface area contributed by atoms with Crippen molar-refractivity contribution in [3.63, 3.8) is 0 Å². The van der Waals surface area contributed by atoms with Crippen LogP contribution in [0.4, 0.5) is 20.3 Å². The Morgan fingerprint density at radius 2 is 1.72 bits per heavy atom. The Balaban J connectivity index is 1.36. The van der Waals surface area contributed by atoms with E-state index < -0.39 is 11.6 Å². The summed E-state index contributed by atoms with van der Waals surface area (Å²) in [5, 5.41) is 18.3. The Morgan fingerprint density at radius 1 is 0.944 bits per heavy atom. The maximum absolute atomic E-state index is 14.7. The molecular formula is C25H30F2N6O3. The molecule has 0 radical (unpaired) electrons. The van der Waals surface area contributed by atoms with Crippen LogP contribution < -0.4 is 21.1 Å². The highest BCUT2D eigenvalue weighted by atomic mass is 19.1. The summed E-state index contributed by atoms with van der Waals surface area (Å²) < 4.78 is 39.6. The molecule has 11 heteroatoms. The normalized spacial score (nSPS) is 14.2. The molecule has 1 fully saturated rings. The zero-order valence-corrected chi connectivity index (χ0v) is 19.9. The monoisotopic (exact) mass is 500 g/mol. The van der Waals surface area contributed by atoms with Gasteiger partial charge >= 0.3 is 0 Å². The van der Waals surface area contributed by atoms with E-state index in [9.17, 15) is 13.9 Å². The summed E-state index contributed by atoms with van der Waals surface area (Å²) in [6, 6.07) is 11.0. The first-order valence-corrected chi connectivity index (χ1v) is 11.7. The minimum Gasteiger partial charge on any atom is -0.507 e. The van der Waals surface area contributed by atoms with Crippen LogP contribution in [-0.2, 0) is 11.3 Å². The number of benzene rings is 2. The van der Waals surface area contributed by atoms with Gasteiger partial charge < -0.3 is 30.9 Å². The van der Waals surface area contributed by atoms with Gasteiger partial charge in [-0.25, -0.2) is 8.78 Å². The number of nitrogen functional groups attached to an aromatic ring is 1. The lowest BCUT2D eigenvalue weighted by Gasteiger charge is -2.36. The fourth-order valence-electron chi connectivity index (χ4n) is 4.05. The van der Waals surface area contributed by atoms with Crippen LogP contribution in [0.3, 0.4) is 0 Å². The van der Waals surface area contributed by atoms with E-state index in [0.29, 0.717) is 56.4 Å². The van der Waals surface area contributed by atoms with Crippen LogP contribution in [0.5, 0.6) is 11.5 Å². The molecule has 2 aromatic carbocycles. The highest BCUT2D eigenvalue weighted by molar-refractivity contribution is 5.74. The summed E-state index contributed by atoms with van der Waals surface area (Å²) in [7, 11) is 0. The Kier molecular flexibility index (Phi) is 8.47. The molecule has 4 rings (SSSR count). The molecule has 0 spiro atoms. The summed E-state index contributed by atoms with van der Waals surface area (Å²) in [5.74, 6) is -0.876. The van der Waals surface area contributed by atoms with E-state index in [1.54, 1.807) is 18.2 Å². The minimum atomic E-state index is -0.615. The number of aromatic nitrogens is 2. The van der Waals surface area contributed by atoms with Gasteiger partial charge in [-0.15, -0.1) is 10.2 Å². The van der Waals surface area contributed by atoms with Gasteiger partial charge in [0.2, 0.25) is 0 Å². The average molecular weight is 501 g/mol. The molecule has 1 aliphatic heterocycles. The number of nitrogens with two attached hydrogens (primary N) is 2. The quantitative estimate of drug-likeness (QED) is 0.360. The molecule has 9 nitrogen and oxygen atoms in total. The van der Waals surface area contributed by atoms with E-state index in [-0.39, 0.29) is 36.8 Å². The second kappa shape index (κ2) is 11.9. The first-order chi connectivity index (χ1) is 17.5. The summed E-state index contributed by atoms with van der Waals surface area (Å²) >= 11 is 0. The third kappa shape index (κ3) is 6.17. The van der Waals surface area contributed by atoms with Crippen molar-refractivity contribution in [3.8, 4) is 22.8 Å². The highest BCUT2D eigenvalue weighted by Gasteiger charge is 2.22. The first kappa shape index (κ1) is 25.5. The van der Waals surface area contributed by atoms with E-state index in [1.165, 1.54) is 6.07 Å². The number of aromatic hydroxyl groups is 1. The Morgan fingerprint density at radius 3 is 2.47 bits per heavy atom. The number of hydrogen-bond donors (Lipinski definition) is 3. The van der Waals surface area contributed by atoms with Gasteiger partial charge in [0, 0.05) is 56.5 Å². The topological polar surface area (TPSA) is 123 Å². The molecule has 1 aromatic heterocycles. The number of anilines is 2. The van der Waals surface area contributed by atoms with Crippen LogP contribution in [-0.4, -0.2) is 72.7 Å². The van der Waals surface area contributed by atoms with Gasteiger partial charge in [0.1, 0.15) is 18.2 Å². The van der Waals surface area contributed by atoms with Crippen LogP contribution >= 0.6 is 0 Å². The minimum absolute atomic E-state index is 0.107. The molecule has 2 heterocycles. The van der Waals surface area contributed by atoms with Gasteiger partial charge in [-0.3, -0.25) is 4.90 Å². The molecule has 0 bridgehead atoms. The van der Waals surface area contributed by atoms with E-state index in [1.807, 2.05) is 17.0 Å². The molecule has 3 aromatic rings. The molecule has 0 saturated carbocycles. The van der Waals surface area contributed by atoms with Crippen LogP contribution in [0.1, 0.15) is 5.56 Å². The van der Waals surface area contributed by atoms with Crippen molar-refractivity contribution in [2.75, 3.05) is 63.2 Å². The third-order valence-corrected chi connectivity index (χ3v) is 5.94. The van der Waals surface area contributed by atoms with Crippen molar-refractivity contribution in [2.24, 2.45) is 5.73 Å². The molecule has 0 unspecified atom stereocenters. The summed E-state index contributed by atoms with van der Waals surface area (Å²) in [4.78, 5) is 4.12. The maximum Gasteiger partial charge on any atom is 0.169 e. The Bertz CT molecular complexity index is 1170. The summed E-state index contributed by atoms with van der Waals surface area (Å²) in [6.07, 6.45) is 0. The number of rotatable bonds is 10. The fourth-order valence-corrected chi connectivity index (χ4v) is 4.05. The molecule has 5 N–H and O–H groups in total. The van der Waals surface area contributed by atoms with E-state index in [4.69, 9.17) is 20.9 Å². The van der Waals surface area contributed by atoms with E-state index in [0.717, 1.165) is 11.8 Å². The zero-order valence-electron chi connectivity index (χ0n) is 19.9. The molecule has 0 atom stereocenters. The molecule has 1 saturated heterocycles. The zero-order chi connectivity index (χ0) is 25.5. The first-order valence-electron chi connectivity index (χ1n) is 11.7. The molecule has 0 aliphatic carbocycles. The van der Waals surface area contributed by atoms with Crippen LogP contribution in [0.25, 0.3) is 11.3 Å². The molecule has 1 aliphatic rings. The number of ether oxygens (including phenoxy) is 2. The predicted molar refractivity (Wildman–Crippen MR) is 133 cm³/mol. The Hall–Kier alpha value is -3.54. The number of hydrogen-bond acceptors (Lipinski definition) is 9. The number of para-hydroxylation sites is 1. The largest absolute Gasteiger partial charge is 0.507 e. The van der Waals surface area contributed by atoms with Crippen molar-refractivity contribution in [2.45, 2.75) is 6.54 Å².